The molecule has 1 aromatic carbocycles. The largest absolute Gasteiger partial charge is 0.461 e. The lowest BCUT2D eigenvalue weighted by Crippen LogP contribution is -2.08. The molecule has 0 saturated heterocycles. The summed E-state index contributed by atoms with van der Waals surface area (Å²) < 4.78 is 5.24. The van der Waals surface area contributed by atoms with Crippen molar-refractivity contribution in [1.29, 1.82) is 5.26 Å². The number of hydrogen-bond acceptors (Lipinski definition) is 4. The van der Waals surface area contributed by atoms with Crippen LogP contribution < -0.4 is 0 Å². The van der Waals surface area contributed by atoms with Crippen LogP contribution in [0.4, 0.5) is 0 Å². The monoisotopic (exact) mass is 291 g/mol. The molecular weight excluding hydrogens is 278 g/mol. The Morgan fingerprint density at radius 1 is 1.27 bits per heavy atom. The number of pyridine rings is 1. The summed E-state index contributed by atoms with van der Waals surface area (Å²) in [4.78, 5) is 19.1. The average molecular weight is 291 g/mol. The van der Waals surface area contributed by atoms with Gasteiger partial charge in [0.2, 0.25) is 0 Å². The summed E-state index contributed by atoms with van der Waals surface area (Å²) in [7, 11) is 0. The minimum atomic E-state index is -0.320. The van der Waals surface area contributed by atoms with E-state index in [1.54, 1.807) is 24.4 Å². The van der Waals surface area contributed by atoms with Crippen molar-refractivity contribution in [3.8, 4) is 6.07 Å². The van der Waals surface area contributed by atoms with Gasteiger partial charge in [0.05, 0.1) is 18.1 Å². The number of fused-ring (bicyclic) bond motifs is 1. The van der Waals surface area contributed by atoms with E-state index in [1.807, 2.05) is 24.4 Å². The number of esters is 1. The number of rotatable bonds is 4. The zero-order chi connectivity index (χ0) is 15.4. The summed E-state index contributed by atoms with van der Waals surface area (Å²) in [6.07, 6.45) is 3.64. The van der Waals surface area contributed by atoms with Crippen LogP contribution in [0, 0.1) is 11.3 Å². The zero-order valence-electron chi connectivity index (χ0n) is 11.7. The van der Waals surface area contributed by atoms with Gasteiger partial charge in [-0.05, 0) is 35.4 Å². The quantitative estimate of drug-likeness (QED) is 0.750. The van der Waals surface area contributed by atoms with E-state index >= 15 is 0 Å². The third kappa shape index (κ3) is 3.13. The Morgan fingerprint density at radius 3 is 3.05 bits per heavy atom. The van der Waals surface area contributed by atoms with Gasteiger partial charge < -0.3 is 9.72 Å². The van der Waals surface area contributed by atoms with Crippen molar-refractivity contribution >= 4 is 17.0 Å². The third-order valence-electron chi connectivity index (χ3n) is 3.26. The predicted molar refractivity (Wildman–Crippen MR) is 80.8 cm³/mol. The van der Waals surface area contributed by atoms with Gasteiger partial charge in [-0.1, -0.05) is 12.1 Å². The highest BCUT2D eigenvalue weighted by atomic mass is 16.5. The molecular formula is C17H13N3O2. The number of aromatic nitrogens is 2. The van der Waals surface area contributed by atoms with E-state index in [0.29, 0.717) is 5.56 Å². The van der Waals surface area contributed by atoms with Crippen LogP contribution in [0.1, 0.15) is 16.7 Å². The minimum absolute atomic E-state index is 0.161. The van der Waals surface area contributed by atoms with Crippen LogP contribution >= 0.6 is 0 Å². The molecule has 3 rings (SSSR count). The summed E-state index contributed by atoms with van der Waals surface area (Å²) in [6.45, 7) is 0.161. The molecule has 5 heteroatoms. The lowest BCUT2D eigenvalue weighted by Gasteiger charge is -2.05. The molecule has 0 fully saturated rings. The minimum Gasteiger partial charge on any atom is -0.461 e. The summed E-state index contributed by atoms with van der Waals surface area (Å²) in [5, 5.41) is 9.80. The van der Waals surface area contributed by atoms with Crippen molar-refractivity contribution in [2.45, 2.75) is 13.0 Å². The van der Waals surface area contributed by atoms with Crippen molar-refractivity contribution < 1.29 is 9.53 Å². The zero-order valence-corrected chi connectivity index (χ0v) is 11.7. The molecule has 3 aromatic rings. The van der Waals surface area contributed by atoms with Crippen molar-refractivity contribution in [3.63, 3.8) is 0 Å². The van der Waals surface area contributed by atoms with Gasteiger partial charge in [-0.2, -0.15) is 5.26 Å². The van der Waals surface area contributed by atoms with Crippen molar-refractivity contribution in [1.82, 2.24) is 9.97 Å². The molecule has 0 amide bonds. The molecule has 0 radical (unpaired) electrons. The molecule has 5 nitrogen and oxygen atoms in total. The van der Waals surface area contributed by atoms with Crippen LogP contribution in [0.15, 0.2) is 48.8 Å². The normalized spacial score (nSPS) is 10.3. The van der Waals surface area contributed by atoms with Crippen molar-refractivity contribution in [2.75, 3.05) is 0 Å². The smallest absolute Gasteiger partial charge is 0.310 e. The summed E-state index contributed by atoms with van der Waals surface area (Å²) in [5.74, 6) is -0.320. The fourth-order valence-electron chi connectivity index (χ4n) is 2.19. The Balaban J connectivity index is 1.61. The molecule has 0 bridgehead atoms. The first-order chi connectivity index (χ1) is 10.7. The van der Waals surface area contributed by atoms with Crippen LogP contribution in [0.25, 0.3) is 11.0 Å². The number of H-pyrrole nitrogens is 1. The molecule has 0 aliphatic carbocycles. The second-order valence-corrected chi connectivity index (χ2v) is 4.91. The van der Waals surface area contributed by atoms with E-state index in [2.05, 4.69) is 16.0 Å². The summed E-state index contributed by atoms with van der Waals surface area (Å²) in [6, 6.07) is 12.9. The molecule has 22 heavy (non-hydrogen) atoms. The van der Waals surface area contributed by atoms with E-state index in [1.165, 1.54) is 0 Å². The Hall–Kier alpha value is -3.13. The fraction of sp³-hybridized carbons (Fsp3) is 0.118. The summed E-state index contributed by atoms with van der Waals surface area (Å²) in [5.41, 5.74) is 2.95. The van der Waals surface area contributed by atoms with E-state index in [0.717, 1.165) is 22.2 Å². The highest BCUT2D eigenvalue weighted by Gasteiger charge is 2.07. The SMILES string of the molecule is N#Cc1cccc(COC(=O)Cc2cnc3[nH]ccc3c2)c1. The van der Waals surface area contributed by atoms with Crippen LogP contribution in [0.3, 0.4) is 0 Å². The second kappa shape index (κ2) is 6.10. The maximum atomic E-state index is 11.9. The number of carbonyl (C=O) groups is 1. The van der Waals surface area contributed by atoms with Gasteiger partial charge in [-0.3, -0.25) is 4.79 Å². The highest BCUT2D eigenvalue weighted by Crippen LogP contribution is 2.12. The van der Waals surface area contributed by atoms with Gasteiger partial charge in [0, 0.05) is 17.8 Å². The number of nitrogens with one attached hydrogen (secondary N) is 1. The van der Waals surface area contributed by atoms with E-state index in [4.69, 9.17) is 10.00 Å². The summed E-state index contributed by atoms with van der Waals surface area (Å²) >= 11 is 0. The molecule has 2 heterocycles. The number of carbonyl (C=O) groups excluding carboxylic acids is 1. The maximum Gasteiger partial charge on any atom is 0.310 e. The molecule has 0 saturated carbocycles. The number of ether oxygens (including phenoxy) is 1. The van der Waals surface area contributed by atoms with E-state index in [-0.39, 0.29) is 19.0 Å². The number of hydrogen-bond donors (Lipinski definition) is 1. The van der Waals surface area contributed by atoms with Crippen molar-refractivity contribution in [2.24, 2.45) is 0 Å². The number of benzene rings is 1. The van der Waals surface area contributed by atoms with Crippen LogP contribution in [0.5, 0.6) is 0 Å². The van der Waals surface area contributed by atoms with E-state index in [9.17, 15) is 4.79 Å². The Kier molecular flexibility index (Phi) is 3.84. The lowest BCUT2D eigenvalue weighted by atomic mass is 10.1. The van der Waals surface area contributed by atoms with E-state index < -0.39 is 0 Å². The van der Waals surface area contributed by atoms with Gasteiger partial charge in [-0.15, -0.1) is 0 Å². The van der Waals surface area contributed by atoms with Gasteiger partial charge in [-0.25, -0.2) is 4.98 Å². The molecule has 0 aliphatic heterocycles. The molecule has 0 unspecified atom stereocenters. The van der Waals surface area contributed by atoms with Crippen molar-refractivity contribution in [3.05, 3.63) is 65.5 Å². The average Bonchev–Trinajstić information content (AvgIpc) is 3.01. The van der Waals surface area contributed by atoms with Gasteiger partial charge in [0.25, 0.3) is 0 Å². The first-order valence-corrected chi connectivity index (χ1v) is 6.81. The molecule has 0 spiro atoms. The Labute approximate surface area is 127 Å². The first kappa shape index (κ1) is 13.8. The first-order valence-electron chi connectivity index (χ1n) is 6.81. The fourth-order valence-corrected chi connectivity index (χ4v) is 2.19. The molecule has 0 aliphatic rings. The highest BCUT2D eigenvalue weighted by molar-refractivity contribution is 5.78. The van der Waals surface area contributed by atoms with Crippen LogP contribution in [-0.4, -0.2) is 15.9 Å². The topological polar surface area (TPSA) is 78.8 Å². The molecule has 0 atom stereocenters. The third-order valence-corrected chi connectivity index (χ3v) is 3.26. The standard InChI is InChI=1S/C17H13N3O2/c18-9-12-2-1-3-13(6-12)11-22-16(21)8-14-7-15-4-5-19-17(15)20-10-14/h1-7,10H,8,11H2,(H,19,20). The lowest BCUT2D eigenvalue weighted by molar-refractivity contribution is -0.144. The van der Waals surface area contributed by atoms with Crippen LogP contribution in [-0.2, 0) is 22.6 Å². The van der Waals surface area contributed by atoms with Gasteiger partial charge in [0.15, 0.2) is 0 Å². The number of nitriles is 1. The Bertz CT molecular complexity index is 861. The predicted octanol–water partition coefficient (Wildman–Crippen LogP) is 2.72. The number of aromatic amines is 1. The van der Waals surface area contributed by atoms with Gasteiger partial charge >= 0.3 is 5.97 Å². The Morgan fingerprint density at radius 2 is 2.18 bits per heavy atom. The molecule has 108 valence electrons. The number of nitrogens with zero attached hydrogens (tertiary/aromatic N) is 2. The van der Waals surface area contributed by atoms with Crippen LogP contribution in [0.2, 0.25) is 0 Å². The van der Waals surface area contributed by atoms with Gasteiger partial charge in [0.1, 0.15) is 12.3 Å². The molecule has 2 aromatic heterocycles. The maximum absolute atomic E-state index is 11.9. The molecule has 1 N–H and O–H groups in total. The second-order valence-electron chi connectivity index (χ2n) is 4.91.